The fourth-order valence-electron chi connectivity index (χ4n) is 2.72. The molecule has 0 saturated carbocycles. The number of ether oxygens (including phenoxy) is 3. The molecule has 150 valence electrons. The lowest BCUT2D eigenvalue weighted by molar-refractivity contribution is -0.115. The van der Waals surface area contributed by atoms with Gasteiger partial charge in [0.25, 0.3) is 0 Å². The number of hydrogen-bond donors (Lipinski definition) is 1. The summed E-state index contributed by atoms with van der Waals surface area (Å²) in [5.74, 6) is -0.0352. The fourth-order valence-corrected chi connectivity index (χ4v) is 3.42. The Labute approximate surface area is 173 Å². The van der Waals surface area contributed by atoms with E-state index in [2.05, 4.69) is 5.32 Å². The van der Waals surface area contributed by atoms with E-state index in [0.717, 1.165) is 10.4 Å². The predicted octanol–water partition coefficient (Wildman–Crippen LogP) is 4.30. The van der Waals surface area contributed by atoms with E-state index in [0.29, 0.717) is 17.2 Å². The Hall–Kier alpha value is -3.32. The molecule has 0 aliphatic rings. The molecule has 0 saturated heterocycles. The summed E-state index contributed by atoms with van der Waals surface area (Å²) in [6.07, 6.45) is 0.213. The van der Waals surface area contributed by atoms with Crippen LogP contribution in [-0.2, 0) is 22.6 Å². The van der Waals surface area contributed by atoms with Gasteiger partial charge >= 0.3 is 5.97 Å². The van der Waals surface area contributed by atoms with Crippen LogP contribution in [0.3, 0.4) is 0 Å². The third-order valence-electron chi connectivity index (χ3n) is 4.15. The summed E-state index contributed by atoms with van der Waals surface area (Å²) >= 11 is 1.49. The number of carbonyl (C=O) groups is 2. The molecule has 2 aromatic carbocycles. The molecule has 0 bridgehead atoms. The van der Waals surface area contributed by atoms with Gasteiger partial charge in [-0.3, -0.25) is 4.79 Å². The van der Waals surface area contributed by atoms with Gasteiger partial charge < -0.3 is 19.5 Å². The van der Waals surface area contributed by atoms with Crippen molar-refractivity contribution in [2.75, 3.05) is 19.5 Å². The summed E-state index contributed by atoms with van der Waals surface area (Å²) in [6.45, 7) is 0.122. The zero-order chi connectivity index (χ0) is 20.6. The van der Waals surface area contributed by atoms with Crippen LogP contribution in [0.25, 0.3) is 0 Å². The van der Waals surface area contributed by atoms with Crippen molar-refractivity contribution in [2.24, 2.45) is 0 Å². The molecule has 0 aliphatic heterocycles. The molecule has 3 aromatic rings. The maximum atomic E-state index is 12.7. The number of anilines is 1. The van der Waals surface area contributed by atoms with Crippen LogP contribution in [-0.4, -0.2) is 26.1 Å². The van der Waals surface area contributed by atoms with Crippen LogP contribution in [0.2, 0.25) is 0 Å². The quantitative estimate of drug-likeness (QED) is 0.560. The Morgan fingerprint density at radius 1 is 0.966 bits per heavy atom. The number of hydrogen-bond acceptors (Lipinski definition) is 6. The first-order valence-electron chi connectivity index (χ1n) is 8.90. The van der Waals surface area contributed by atoms with Crippen LogP contribution in [0.1, 0.15) is 20.8 Å². The van der Waals surface area contributed by atoms with Gasteiger partial charge in [0.05, 0.1) is 31.9 Å². The van der Waals surface area contributed by atoms with Crippen LogP contribution in [0.5, 0.6) is 11.5 Å². The number of amides is 1. The molecule has 0 aliphatic carbocycles. The standard InChI is InChI=1S/C22H21NO5S/c1-26-19-12-17(22(25)28-14-15-7-4-3-5-8-15)18(13-20(19)27-2)23-21(24)11-16-9-6-10-29-16/h3-10,12-13H,11,14H2,1-2H3,(H,23,24). The molecule has 1 aromatic heterocycles. The van der Waals surface area contributed by atoms with E-state index in [1.54, 1.807) is 6.07 Å². The van der Waals surface area contributed by atoms with Crippen molar-refractivity contribution in [2.45, 2.75) is 13.0 Å². The van der Waals surface area contributed by atoms with Gasteiger partial charge in [-0.05, 0) is 17.0 Å². The minimum Gasteiger partial charge on any atom is -0.493 e. The van der Waals surface area contributed by atoms with Gasteiger partial charge in [0, 0.05) is 17.0 Å². The van der Waals surface area contributed by atoms with Crippen molar-refractivity contribution in [1.82, 2.24) is 0 Å². The number of methoxy groups -OCH3 is 2. The zero-order valence-corrected chi connectivity index (χ0v) is 17.0. The lowest BCUT2D eigenvalue weighted by Gasteiger charge is -2.15. The summed E-state index contributed by atoms with van der Waals surface area (Å²) in [5, 5.41) is 4.69. The van der Waals surface area contributed by atoms with Crippen molar-refractivity contribution >= 4 is 28.9 Å². The molecule has 0 unspecified atom stereocenters. The summed E-state index contributed by atoms with van der Waals surface area (Å²) in [7, 11) is 2.97. The molecule has 1 heterocycles. The molecule has 1 N–H and O–H groups in total. The predicted molar refractivity (Wildman–Crippen MR) is 112 cm³/mol. The van der Waals surface area contributed by atoms with Gasteiger partial charge in [-0.15, -0.1) is 11.3 Å². The summed E-state index contributed by atoms with van der Waals surface area (Å²) in [5.41, 5.74) is 1.37. The molecule has 6 nitrogen and oxygen atoms in total. The van der Waals surface area contributed by atoms with Crippen molar-refractivity contribution in [3.8, 4) is 11.5 Å². The van der Waals surface area contributed by atoms with Gasteiger partial charge in [0.2, 0.25) is 5.91 Å². The Bertz CT molecular complexity index is 970. The molecule has 1 amide bonds. The summed E-state index contributed by atoms with van der Waals surface area (Å²) in [6, 6.07) is 16.2. The monoisotopic (exact) mass is 411 g/mol. The maximum Gasteiger partial charge on any atom is 0.340 e. The third kappa shape index (κ3) is 5.36. The largest absolute Gasteiger partial charge is 0.493 e. The second-order valence-corrected chi connectivity index (χ2v) is 7.15. The van der Waals surface area contributed by atoms with E-state index in [1.807, 2.05) is 47.8 Å². The van der Waals surface area contributed by atoms with E-state index in [-0.39, 0.29) is 24.5 Å². The van der Waals surface area contributed by atoms with Crippen LogP contribution < -0.4 is 14.8 Å². The highest BCUT2D eigenvalue weighted by molar-refractivity contribution is 7.10. The van der Waals surface area contributed by atoms with Gasteiger partial charge in [-0.1, -0.05) is 36.4 Å². The third-order valence-corrected chi connectivity index (χ3v) is 5.02. The van der Waals surface area contributed by atoms with E-state index in [1.165, 1.54) is 31.6 Å². The van der Waals surface area contributed by atoms with Gasteiger partial charge in [0.1, 0.15) is 6.61 Å². The van der Waals surface area contributed by atoms with Crippen LogP contribution in [0.15, 0.2) is 60.0 Å². The molecule has 3 rings (SSSR count). The van der Waals surface area contributed by atoms with Crippen LogP contribution in [0.4, 0.5) is 5.69 Å². The number of benzene rings is 2. The molecule has 0 atom stereocenters. The molecular formula is C22H21NO5S. The number of rotatable bonds is 8. The highest BCUT2D eigenvalue weighted by atomic mass is 32.1. The lowest BCUT2D eigenvalue weighted by atomic mass is 10.1. The zero-order valence-electron chi connectivity index (χ0n) is 16.1. The van der Waals surface area contributed by atoms with Crippen LogP contribution in [0, 0.1) is 0 Å². The first-order valence-corrected chi connectivity index (χ1v) is 9.78. The number of carbonyl (C=O) groups excluding carboxylic acids is 2. The van der Waals surface area contributed by atoms with Gasteiger partial charge in [-0.2, -0.15) is 0 Å². The molecule has 0 fully saturated rings. The highest BCUT2D eigenvalue weighted by Gasteiger charge is 2.20. The Morgan fingerprint density at radius 2 is 1.69 bits per heavy atom. The van der Waals surface area contributed by atoms with Crippen molar-refractivity contribution < 1.29 is 23.8 Å². The Balaban J connectivity index is 1.82. The van der Waals surface area contributed by atoms with E-state index >= 15 is 0 Å². The number of thiophene rings is 1. The summed E-state index contributed by atoms with van der Waals surface area (Å²) in [4.78, 5) is 26.1. The summed E-state index contributed by atoms with van der Waals surface area (Å²) < 4.78 is 16.0. The smallest absolute Gasteiger partial charge is 0.340 e. The second-order valence-electron chi connectivity index (χ2n) is 6.12. The molecule has 0 spiro atoms. The minimum absolute atomic E-state index is 0.122. The SMILES string of the molecule is COc1cc(NC(=O)Cc2cccs2)c(C(=O)OCc2ccccc2)cc1OC. The first kappa shape index (κ1) is 20.4. The number of esters is 1. The molecule has 29 heavy (non-hydrogen) atoms. The maximum absolute atomic E-state index is 12.7. The molecular weight excluding hydrogens is 390 g/mol. The van der Waals surface area contributed by atoms with E-state index < -0.39 is 5.97 Å². The minimum atomic E-state index is -0.568. The molecule has 7 heteroatoms. The van der Waals surface area contributed by atoms with Crippen LogP contribution >= 0.6 is 11.3 Å². The van der Waals surface area contributed by atoms with Crippen molar-refractivity contribution in [3.63, 3.8) is 0 Å². The van der Waals surface area contributed by atoms with E-state index in [9.17, 15) is 9.59 Å². The Kier molecular flexibility index (Phi) is 6.86. The van der Waals surface area contributed by atoms with Crippen molar-refractivity contribution in [1.29, 1.82) is 0 Å². The molecule has 0 radical (unpaired) electrons. The highest BCUT2D eigenvalue weighted by Crippen LogP contribution is 2.34. The number of nitrogens with one attached hydrogen (secondary N) is 1. The van der Waals surface area contributed by atoms with Gasteiger partial charge in [0.15, 0.2) is 11.5 Å². The second kappa shape index (κ2) is 9.75. The van der Waals surface area contributed by atoms with E-state index in [4.69, 9.17) is 14.2 Å². The average molecular weight is 411 g/mol. The topological polar surface area (TPSA) is 73.9 Å². The van der Waals surface area contributed by atoms with Gasteiger partial charge in [-0.25, -0.2) is 4.79 Å². The first-order chi connectivity index (χ1) is 14.1. The Morgan fingerprint density at radius 3 is 2.34 bits per heavy atom. The van der Waals surface area contributed by atoms with Crippen molar-refractivity contribution in [3.05, 3.63) is 76.0 Å². The normalized spacial score (nSPS) is 10.3. The fraction of sp³-hybridized carbons (Fsp3) is 0.182. The lowest BCUT2D eigenvalue weighted by Crippen LogP contribution is -2.17. The average Bonchev–Trinajstić information content (AvgIpc) is 3.25.